The standard InChI is InChI=1S/C23H27F3O/c1-3-5-6-15-7-9-16(10-8-15)17-11-12-20-18(13-17)14-21(27-23(25)26)19(4-2)22(20)24/h3,11-16,23H,1,4-10H2,2H3. The van der Waals surface area contributed by atoms with Gasteiger partial charge < -0.3 is 4.74 Å². The summed E-state index contributed by atoms with van der Waals surface area (Å²) in [5.41, 5.74) is 1.37. The van der Waals surface area contributed by atoms with E-state index in [1.54, 1.807) is 19.1 Å². The Morgan fingerprint density at radius 2 is 1.93 bits per heavy atom. The van der Waals surface area contributed by atoms with Crippen LogP contribution in [0.3, 0.4) is 0 Å². The molecule has 0 amide bonds. The van der Waals surface area contributed by atoms with Crippen molar-refractivity contribution in [2.45, 2.75) is 64.4 Å². The molecule has 0 unspecified atom stereocenters. The molecule has 0 spiro atoms. The minimum Gasteiger partial charge on any atom is -0.434 e. The highest BCUT2D eigenvalue weighted by molar-refractivity contribution is 5.86. The Labute approximate surface area is 159 Å². The van der Waals surface area contributed by atoms with Crippen molar-refractivity contribution in [1.29, 1.82) is 0 Å². The summed E-state index contributed by atoms with van der Waals surface area (Å²) in [7, 11) is 0. The van der Waals surface area contributed by atoms with E-state index in [2.05, 4.69) is 11.3 Å². The van der Waals surface area contributed by atoms with Crippen molar-refractivity contribution in [2.24, 2.45) is 5.92 Å². The molecule has 0 atom stereocenters. The summed E-state index contributed by atoms with van der Waals surface area (Å²) >= 11 is 0. The highest BCUT2D eigenvalue weighted by atomic mass is 19.3. The predicted molar refractivity (Wildman–Crippen MR) is 104 cm³/mol. The first-order valence-electron chi connectivity index (χ1n) is 9.84. The molecule has 146 valence electrons. The first-order valence-corrected chi connectivity index (χ1v) is 9.84. The summed E-state index contributed by atoms with van der Waals surface area (Å²) in [6.45, 7) is 2.57. The molecule has 2 aromatic carbocycles. The van der Waals surface area contributed by atoms with Crippen LogP contribution in [0.1, 0.15) is 62.5 Å². The van der Waals surface area contributed by atoms with Crippen LogP contribution in [0.4, 0.5) is 13.2 Å². The van der Waals surface area contributed by atoms with Gasteiger partial charge in [-0.1, -0.05) is 31.2 Å². The van der Waals surface area contributed by atoms with Crippen molar-refractivity contribution in [1.82, 2.24) is 0 Å². The van der Waals surface area contributed by atoms with E-state index in [0.717, 1.165) is 30.7 Å². The molecule has 4 heteroatoms. The van der Waals surface area contributed by atoms with Gasteiger partial charge in [-0.15, -0.1) is 6.58 Å². The molecule has 1 fully saturated rings. The summed E-state index contributed by atoms with van der Waals surface area (Å²) in [6.07, 6.45) is 9.17. The zero-order valence-electron chi connectivity index (χ0n) is 15.8. The molecule has 27 heavy (non-hydrogen) atoms. The lowest BCUT2D eigenvalue weighted by Crippen LogP contribution is -2.13. The first-order chi connectivity index (χ1) is 13.0. The fourth-order valence-electron chi connectivity index (χ4n) is 4.32. The molecule has 1 aliphatic carbocycles. The number of ether oxygens (including phenoxy) is 1. The molecule has 0 bridgehead atoms. The van der Waals surface area contributed by atoms with E-state index >= 15 is 0 Å². The summed E-state index contributed by atoms with van der Waals surface area (Å²) in [4.78, 5) is 0. The molecular weight excluding hydrogens is 349 g/mol. The molecular formula is C23H27F3O. The number of rotatable bonds is 7. The molecule has 2 aromatic rings. The number of hydrogen-bond acceptors (Lipinski definition) is 1. The summed E-state index contributed by atoms with van der Waals surface area (Å²) < 4.78 is 44.8. The highest BCUT2D eigenvalue weighted by Gasteiger charge is 2.23. The van der Waals surface area contributed by atoms with Gasteiger partial charge in [0.25, 0.3) is 0 Å². The Bertz CT molecular complexity index is 792. The van der Waals surface area contributed by atoms with Gasteiger partial charge in [0, 0.05) is 10.9 Å². The van der Waals surface area contributed by atoms with Crippen LogP contribution in [-0.4, -0.2) is 6.61 Å². The van der Waals surface area contributed by atoms with Crippen LogP contribution in [0.25, 0.3) is 10.8 Å². The maximum Gasteiger partial charge on any atom is 0.387 e. The van der Waals surface area contributed by atoms with E-state index in [4.69, 9.17) is 0 Å². The van der Waals surface area contributed by atoms with Gasteiger partial charge in [0.1, 0.15) is 11.6 Å². The van der Waals surface area contributed by atoms with Crippen molar-refractivity contribution in [3.8, 4) is 5.75 Å². The minimum atomic E-state index is -2.96. The van der Waals surface area contributed by atoms with Crippen molar-refractivity contribution < 1.29 is 17.9 Å². The molecule has 1 aliphatic rings. The lowest BCUT2D eigenvalue weighted by molar-refractivity contribution is -0.0504. The van der Waals surface area contributed by atoms with E-state index in [1.165, 1.54) is 19.3 Å². The van der Waals surface area contributed by atoms with E-state index < -0.39 is 12.4 Å². The lowest BCUT2D eigenvalue weighted by atomic mass is 9.77. The second kappa shape index (κ2) is 8.81. The Morgan fingerprint density at radius 3 is 2.56 bits per heavy atom. The minimum absolute atomic E-state index is 0.0530. The monoisotopic (exact) mass is 376 g/mol. The van der Waals surface area contributed by atoms with Gasteiger partial charge in [-0.3, -0.25) is 0 Å². The predicted octanol–water partition coefficient (Wildman–Crippen LogP) is 7.38. The number of allylic oxidation sites excluding steroid dienone is 1. The van der Waals surface area contributed by atoms with Gasteiger partial charge in [-0.05, 0) is 73.8 Å². The number of fused-ring (bicyclic) bond motifs is 1. The summed E-state index contributed by atoms with van der Waals surface area (Å²) in [5, 5.41) is 1.10. The SMILES string of the molecule is C=CCCC1CCC(c2ccc3c(F)c(CC)c(OC(F)F)cc3c2)CC1. The average Bonchev–Trinajstić information content (AvgIpc) is 2.66. The topological polar surface area (TPSA) is 9.23 Å². The van der Waals surface area contributed by atoms with Crippen molar-refractivity contribution >= 4 is 10.8 Å². The third-order valence-corrected chi connectivity index (χ3v) is 5.83. The smallest absolute Gasteiger partial charge is 0.387 e. The molecule has 0 radical (unpaired) electrons. The van der Waals surface area contributed by atoms with Gasteiger partial charge in [0.15, 0.2) is 0 Å². The second-order valence-electron chi connectivity index (χ2n) is 7.46. The first kappa shape index (κ1) is 19.8. The van der Waals surface area contributed by atoms with E-state index in [0.29, 0.717) is 23.1 Å². The molecule has 0 heterocycles. The largest absolute Gasteiger partial charge is 0.434 e. The van der Waals surface area contributed by atoms with Crippen molar-refractivity contribution in [2.75, 3.05) is 0 Å². The van der Waals surface area contributed by atoms with E-state index in [1.807, 2.05) is 18.2 Å². The van der Waals surface area contributed by atoms with Crippen molar-refractivity contribution in [3.05, 3.63) is 53.9 Å². The normalized spacial score (nSPS) is 20.2. The van der Waals surface area contributed by atoms with E-state index in [9.17, 15) is 13.2 Å². The molecule has 0 aromatic heterocycles. The summed E-state index contributed by atoms with van der Waals surface area (Å²) in [6, 6.07) is 7.29. The van der Waals surface area contributed by atoms with Crippen LogP contribution in [0.2, 0.25) is 0 Å². The van der Waals surface area contributed by atoms with Crippen LogP contribution in [0, 0.1) is 11.7 Å². The number of halogens is 3. The molecule has 0 aliphatic heterocycles. The van der Waals surface area contributed by atoms with E-state index in [-0.39, 0.29) is 11.3 Å². The van der Waals surface area contributed by atoms with Gasteiger partial charge >= 0.3 is 6.61 Å². The molecule has 3 rings (SSSR count). The van der Waals surface area contributed by atoms with Gasteiger partial charge in [0.2, 0.25) is 0 Å². The molecule has 1 nitrogen and oxygen atoms in total. The van der Waals surface area contributed by atoms with Crippen molar-refractivity contribution in [3.63, 3.8) is 0 Å². The van der Waals surface area contributed by atoms with Crippen LogP contribution < -0.4 is 4.74 Å². The zero-order chi connectivity index (χ0) is 19.4. The van der Waals surface area contributed by atoms with Crippen LogP contribution in [-0.2, 0) is 6.42 Å². The Morgan fingerprint density at radius 1 is 1.19 bits per heavy atom. The molecule has 0 N–H and O–H groups in total. The average molecular weight is 376 g/mol. The molecule has 0 saturated heterocycles. The van der Waals surface area contributed by atoms with Crippen LogP contribution in [0.5, 0.6) is 5.75 Å². The number of hydrogen-bond donors (Lipinski definition) is 0. The fraction of sp³-hybridized carbons (Fsp3) is 0.478. The quantitative estimate of drug-likeness (QED) is 0.458. The summed E-state index contributed by atoms with van der Waals surface area (Å²) in [5.74, 6) is 0.700. The Hall–Kier alpha value is -1.97. The fourth-order valence-corrected chi connectivity index (χ4v) is 4.32. The second-order valence-corrected chi connectivity index (χ2v) is 7.46. The lowest BCUT2D eigenvalue weighted by Gasteiger charge is -2.29. The van der Waals surface area contributed by atoms with Gasteiger partial charge in [-0.25, -0.2) is 4.39 Å². The third-order valence-electron chi connectivity index (χ3n) is 5.83. The third kappa shape index (κ3) is 4.48. The number of alkyl halides is 2. The van der Waals surface area contributed by atoms with Gasteiger partial charge in [0.05, 0.1) is 0 Å². The van der Waals surface area contributed by atoms with Gasteiger partial charge in [-0.2, -0.15) is 8.78 Å². The Kier molecular flexibility index (Phi) is 6.46. The Balaban J connectivity index is 1.85. The molecule has 1 saturated carbocycles. The highest BCUT2D eigenvalue weighted by Crippen LogP contribution is 2.39. The maximum atomic E-state index is 14.8. The maximum absolute atomic E-state index is 14.8. The van der Waals surface area contributed by atoms with Crippen LogP contribution in [0.15, 0.2) is 36.9 Å². The zero-order valence-corrected chi connectivity index (χ0v) is 15.8. The number of benzene rings is 2. The van der Waals surface area contributed by atoms with Crippen LogP contribution >= 0.6 is 0 Å².